The van der Waals surface area contributed by atoms with Crippen LogP contribution in [0.2, 0.25) is 0 Å². The van der Waals surface area contributed by atoms with Crippen molar-refractivity contribution in [1.82, 2.24) is 15.3 Å². The molecular formula is C25H32FN5O2. The number of halogens is 1. The summed E-state index contributed by atoms with van der Waals surface area (Å²) in [7, 11) is 3.48. The SMILES string of the molecule is CNc1cc2nc(C)c(-c3cc(NC(=O)NCCCC(C)(C)OC)c(F)cc3C)cc2cn1. The maximum atomic E-state index is 14.6. The summed E-state index contributed by atoms with van der Waals surface area (Å²) >= 11 is 0. The number of methoxy groups -OCH3 is 1. The molecule has 0 aliphatic carbocycles. The molecule has 0 saturated heterocycles. The van der Waals surface area contributed by atoms with Crippen LogP contribution in [-0.4, -0.2) is 42.3 Å². The van der Waals surface area contributed by atoms with Gasteiger partial charge in [0.1, 0.15) is 11.6 Å². The van der Waals surface area contributed by atoms with Crippen LogP contribution in [0.4, 0.5) is 20.7 Å². The number of aryl methyl sites for hydroxylation is 2. The fraction of sp³-hybridized carbons (Fsp3) is 0.400. The number of carbonyl (C=O) groups is 1. The molecule has 0 aliphatic rings. The predicted molar refractivity (Wildman–Crippen MR) is 131 cm³/mol. The summed E-state index contributed by atoms with van der Waals surface area (Å²) < 4.78 is 20.0. The molecule has 2 heterocycles. The molecule has 1 aromatic carbocycles. The maximum absolute atomic E-state index is 14.6. The zero-order valence-corrected chi connectivity index (χ0v) is 20.1. The van der Waals surface area contributed by atoms with Gasteiger partial charge >= 0.3 is 6.03 Å². The third kappa shape index (κ3) is 5.96. The first-order valence-corrected chi connectivity index (χ1v) is 11.0. The summed E-state index contributed by atoms with van der Waals surface area (Å²) in [6.07, 6.45) is 3.31. The molecule has 176 valence electrons. The van der Waals surface area contributed by atoms with Gasteiger partial charge in [-0.15, -0.1) is 0 Å². The number of anilines is 2. The number of pyridine rings is 2. The Labute approximate surface area is 194 Å². The summed E-state index contributed by atoms with van der Waals surface area (Å²) in [4.78, 5) is 21.4. The van der Waals surface area contributed by atoms with E-state index in [1.807, 2.05) is 46.9 Å². The first kappa shape index (κ1) is 24.4. The molecule has 8 heteroatoms. The van der Waals surface area contributed by atoms with Crippen LogP contribution in [0.1, 0.15) is 37.9 Å². The maximum Gasteiger partial charge on any atom is 0.319 e. The third-order valence-electron chi connectivity index (χ3n) is 5.79. The van der Waals surface area contributed by atoms with Gasteiger partial charge in [-0.1, -0.05) is 0 Å². The molecule has 3 aromatic rings. The van der Waals surface area contributed by atoms with Crippen molar-refractivity contribution in [3.8, 4) is 11.1 Å². The average molecular weight is 454 g/mol. The fourth-order valence-corrected chi connectivity index (χ4v) is 3.62. The number of ether oxygens (including phenoxy) is 1. The lowest BCUT2D eigenvalue weighted by Crippen LogP contribution is -2.31. The number of hydrogen-bond acceptors (Lipinski definition) is 5. The minimum absolute atomic E-state index is 0.119. The quantitative estimate of drug-likeness (QED) is 0.396. The van der Waals surface area contributed by atoms with Crippen molar-refractivity contribution in [3.63, 3.8) is 0 Å². The molecule has 0 spiro atoms. The van der Waals surface area contributed by atoms with E-state index in [4.69, 9.17) is 9.72 Å². The van der Waals surface area contributed by atoms with Gasteiger partial charge in [-0.2, -0.15) is 0 Å². The summed E-state index contributed by atoms with van der Waals surface area (Å²) in [6.45, 7) is 8.21. The fourth-order valence-electron chi connectivity index (χ4n) is 3.62. The van der Waals surface area contributed by atoms with Crippen LogP contribution in [0, 0.1) is 19.7 Å². The Bertz CT molecular complexity index is 1160. The molecule has 0 bridgehead atoms. The molecule has 2 amide bonds. The van der Waals surface area contributed by atoms with E-state index in [1.165, 1.54) is 6.07 Å². The number of nitrogens with zero attached hydrogens (tertiary/aromatic N) is 2. The minimum atomic E-state index is -0.487. The van der Waals surface area contributed by atoms with Crippen molar-refractivity contribution in [1.29, 1.82) is 0 Å². The number of nitrogens with one attached hydrogen (secondary N) is 3. The molecule has 0 fully saturated rings. The highest BCUT2D eigenvalue weighted by Gasteiger charge is 2.17. The van der Waals surface area contributed by atoms with Gasteiger partial charge in [0.05, 0.1) is 16.8 Å². The van der Waals surface area contributed by atoms with Gasteiger partial charge in [-0.25, -0.2) is 14.2 Å². The summed E-state index contributed by atoms with van der Waals surface area (Å²) in [6, 6.07) is 6.51. The van der Waals surface area contributed by atoms with E-state index in [0.29, 0.717) is 6.54 Å². The van der Waals surface area contributed by atoms with E-state index >= 15 is 0 Å². The topological polar surface area (TPSA) is 88.2 Å². The van der Waals surface area contributed by atoms with Crippen molar-refractivity contribution in [2.45, 2.75) is 46.1 Å². The Morgan fingerprint density at radius 1 is 1.15 bits per heavy atom. The molecule has 0 radical (unpaired) electrons. The highest BCUT2D eigenvalue weighted by Crippen LogP contribution is 2.32. The Balaban J connectivity index is 1.80. The number of hydrogen-bond donors (Lipinski definition) is 3. The zero-order valence-electron chi connectivity index (χ0n) is 20.1. The van der Waals surface area contributed by atoms with Crippen LogP contribution in [0.5, 0.6) is 0 Å². The predicted octanol–water partition coefficient (Wildman–Crippen LogP) is 5.42. The lowest BCUT2D eigenvalue weighted by atomic mass is 9.97. The van der Waals surface area contributed by atoms with Crippen LogP contribution in [-0.2, 0) is 4.74 Å². The Hall–Kier alpha value is -3.26. The first-order valence-electron chi connectivity index (χ1n) is 11.0. The molecule has 3 N–H and O–H groups in total. The van der Waals surface area contributed by atoms with Crippen LogP contribution in [0.15, 0.2) is 30.5 Å². The van der Waals surface area contributed by atoms with Crippen LogP contribution >= 0.6 is 0 Å². The Morgan fingerprint density at radius 3 is 2.61 bits per heavy atom. The van der Waals surface area contributed by atoms with Gasteiger partial charge in [-0.3, -0.25) is 4.98 Å². The minimum Gasteiger partial charge on any atom is -0.379 e. The summed E-state index contributed by atoms with van der Waals surface area (Å²) in [5.41, 5.74) is 3.93. The van der Waals surface area contributed by atoms with Gasteiger partial charge < -0.3 is 20.7 Å². The zero-order chi connectivity index (χ0) is 24.2. The lowest BCUT2D eigenvalue weighted by molar-refractivity contribution is 0.0141. The molecule has 7 nitrogen and oxygen atoms in total. The molecular weight excluding hydrogens is 421 g/mol. The van der Waals surface area contributed by atoms with Gasteiger partial charge in [0, 0.05) is 49.6 Å². The van der Waals surface area contributed by atoms with Crippen molar-refractivity contribution < 1.29 is 13.9 Å². The molecule has 33 heavy (non-hydrogen) atoms. The second-order valence-corrected chi connectivity index (χ2v) is 8.73. The van der Waals surface area contributed by atoms with E-state index < -0.39 is 11.8 Å². The highest BCUT2D eigenvalue weighted by atomic mass is 19.1. The molecule has 0 saturated carbocycles. The highest BCUT2D eigenvalue weighted by molar-refractivity contribution is 5.92. The summed E-state index contributed by atoms with van der Waals surface area (Å²) in [5, 5.41) is 9.30. The van der Waals surface area contributed by atoms with E-state index in [2.05, 4.69) is 20.9 Å². The van der Waals surface area contributed by atoms with Crippen LogP contribution in [0.3, 0.4) is 0 Å². The van der Waals surface area contributed by atoms with Crippen molar-refractivity contribution in [2.24, 2.45) is 0 Å². The van der Waals surface area contributed by atoms with Crippen molar-refractivity contribution >= 4 is 28.4 Å². The second-order valence-electron chi connectivity index (χ2n) is 8.73. The van der Waals surface area contributed by atoms with Gasteiger partial charge in [-0.05, 0) is 69.9 Å². The smallest absolute Gasteiger partial charge is 0.319 e. The van der Waals surface area contributed by atoms with Crippen molar-refractivity contribution in [3.05, 3.63) is 47.5 Å². The third-order valence-corrected chi connectivity index (χ3v) is 5.79. The number of aromatic nitrogens is 2. The Morgan fingerprint density at radius 2 is 1.91 bits per heavy atom. The van der Waals surface area contributed by atoms with Gasteiger partial charge in [0.25, 0.3) is 0 Å². The monoisotopic (exact) mass is 453 g/mol. The van der Waals surface area contributed by atoms with Crippen molar-refractivity contribution in [2.75, 3.05) is 31.3 Å². The molecule has 0 aliphatic heterocycles. The van der Waals surface area contributed by atoms with E-state index in [0.717, 1.165) is 51.9 Å². The van der Waals surface area contributed by atoms with Crippen LogP contribution in [0.25, 0.3) is 22.0 Å². The summed E-state index contributed by atoms with van der Waals surface area (Å²) in [5.74, 6) is 0.252. The van der Waals surface area contributed by atoms with E-state index in [9.17, 15) is 9.18 Å². The second kappa shape index (κ2) is 10.1. The van der Waals surface area contributed by atoms with Gasteiger partial charge in [0.15, 0.2) is 0 Å². The number of benzene rings is 1. The standard InChI is InChI=1S/C25H32FN5O2/c1-15-10-20(26)22(31-24(32)28-9-7-8-25(3,4)33-6)12-18(15)19-11-17-14-29-23(27-5)13-21(17)30-16(19)2/h10-14H,7-9H2,1-6H3,(H,27,29)(H2,28,31,32). The van der Waals surface area contributed by atoms with E-state index in [-0.39, 0.29) is 11.3 Å². The number of rotatable bonds is 8. The average Bonchev–Trinajstić information content (AvgIpc) is 2.78. The molecule has 2 aromatic heterocycles. The Kier molecular flexibility index (Phi) is 7.48. The number of urea groups is 1. The number of amides is 2. The van der Waals surface area contributed by atoms with Crippen LogP contribution < -0.4 is 16.0 Å². The normalized spacial score (nSPS) is 11.5. The molecule has 3 rings (SSSR count). The number of carbonyl (C=O) groups excluding carboxylic acids is 1. The molecule has 0 atom stereocenters. The molecule has 0 unspecified atom stereocenters. The largest absolute Gasteiger partial charge is 0.379 e. The number of fused-ring (bicyclic) bond motifs is 1. The van der Waals surface area contributed by atoms with Gasteiger partial charge in [0.2, 0.25) is 0 Å². The van der Waals surface area contributed by atoms with E-state index in [1.54, 1.807) is 19.4 Å². The lowest BCUT2D eigenvalue weighted by Gasteiger charge is -2.22. The first-order chi connectivity index (χ1) is 15.6.